The molecule has 0 aromatic heterocycles. The zero-order valence-corrected chi connectivity index (χ0v) is 14.1. The van der Waals surface area contributed by atoms with Gasteiger partial charge in [-0.3, -0.25) is 4.90 Å². The highest BCUT2D eigenvalue weighted by Crippen LogP contribution is 2.29. The molecule has 0 spiro atoms. The Labute approximate surface area is 131 Å². The van der Waals surface area contributed by atoms with E-state index in [1.807, 2.05) is 13.8 Å². The van der Waals surface area contributed by atoms with Gasteiger partial charge < -0.3 is 4.74 Å². The highest BCUT2D eigenvalue weighted by atomic mass is 32.2. The van der Waals surface area contributed by atoms with Gasteiger partial charge in [0.25, 0.3) is 10.0 Å². The van der Waals surface area contributed by atoms with Crippen LogP contribution in [0.15, 0.2) is 29.2 Å². The predicted octanol–water partition coefficient (Wildman–Crippen LogP) is 2.24. The van der Waals surface area contributed by atoms with Crippen molar-refractivity contribution in [3.05, 3.63) is 29.8 Å². The van der Waals surface area contributed by atoms with Crippen LogP contribution in [-0.2, 0) is 14.8 Å². The Balaban J connectivity index is 2.22. The Hall–Kier alpha value is -1.60. The summed E-state index contributed by atoms with van der Waals surface area (Å²) in [5.41, 5.74) is 0.124. The van der Waals surface area contributed by atoms with Crippen molar-refractivity contribution in [2.24, 2.45) is 0 Å². The third kappa shape index (κ3) is 3.25. The van der Waals surface area contributed by atoms with Crippen molar-refractivity contribution in [3.8, 4) is 0 Å². The molecular weight excluding hydrogens is 304 g/mol. The van der Waals surface area contributed by atoms with E-state index in [4.69, 9.17) is 4.74 Å². The number of rotatable bonds is 3. The fourth-order valence-electron chi connectivity index (χ4n) is 2.54. The molecule has 6 nitrogen and oxygen atoms in total. The summed E-state index contributed by atoms with van der Waals surface area (Å²) in [6.45, 7) is 7.71. The molecule has 1 aromatic rings. The van der Waals surface area contributed by atoms with Crippen LogP contribution in [-0.4, -0.2) is 37.7 Å². The number of carbonyl (C=O) groups is 1. The van der Waals surface area contributed by atoms with E-state index in [1.165, 1.54) is 17.0 Å². The lowest BCUT2D eigenvalue weighted by Crippen LogP contribution is -2.53. The minimum Gasteiger partial charge on any atom is -0.354 e. The maximum absolute atomic E-state index is 12.4. The Morgan fingerprint density at radius 2 is 1.95 bits per heavy atom. The van der Waals surface area contributed by atoms with Crippen molar-refractivity contribution in [2.45, 2.75) is 50.8 Å². The maximum atomic E-state index is 12.4. The van der Waals surface area contributed by atoms with E-state index in [0.717, 1.165) is 5.56 Å². The summed E-state index contributed by atoms with van der Waals surface area (Å²) in [4.78, 5) is 14.0. The topological polar surface area (TPSA) is 75.7 Å². The molecule has 1 fully saturated rings. The largest absolute Gasteiger partial charge is 0.354 e. The maximum Gasteiger partial charge on any atom is 0.333 e. The number of ether oxygens (including phenoxy) is 1. The van der Waals surface area contributed by atoms with E-state index in [2.05, 4.69) is 4.72 Å². The van der Waals surface area contributed by atoms with Crippen molar-refractivity contribution < 1.29 is 17.9 Å². The van der Waals surface area contributed by atoms with Crippen LogP contribution in [0.5, 0.6) is 0 Å². The highest BCUT2D eigenvalue weighted by molar-refractivity contribution is 7.90. The first-order valence-corrected chi connectivity index (χ1v) is 8.72. The van der Waals surface area contributed by atoms with Gasteiger partial charge >= 0.3 is 6.03 Å². The van der Waals surface area contributed by atoms with Gasteiger partial charge in [-0.1, -0.05) is 24.6 Å². The minimum atomic E-state index is -3.89. The van der Waals surface area contributed by atoms with Crippen molar-refractivity contribution in [2.75, 3.05) is 6.61 Å². The van der Waals surface area contributed by atoms with Crippen LogP contribution in [0.1, 0.15) is 32.8 Å². The normalized spacial score (nSPS) is 20.9. The van der Waals surface area contributed by atoms with Crippen molar-refractivity contribution >= 4 is 16.1 Å². The zero-order valence-electron chi connectivity index (χ0n) is 13.3. The molecule has 0 radical (unpaired) electrons. The van der Waals surface area contributed by atoms with E-state index < -0.39 is 21.8 Å². The fourth-order valence-corrected chi connectivity index (χ4v) is 3.48. The Morgan fingerprint density at radius 3 is 2.50 bits per heavy atom. The average Bonchev–Trinajstić information content (AvgIpc) is 2.73. The molecule has 1 unspecified atom stereocenters. The second-order valence-corrected chi connectivity index (χ2v) is 7.60. The number of benzene rings is 1. The highest BCUT2D eigenvalue weighted by Gasteiger charge is 2.43. The number of urea groups is 1. The molecule has 122 valence electrons. The molecule has 7 heteroatoms. The molecule has 0 saturated carbocycles. The molecule has 2 amide bonds. The molecule has 2 rings (SSSR count). The zero-order chi connectivity index (χ0) is 16.5. The van der Waals surface area contributed by atoms with Gasteiger partial charge in [-0.2, -0.15) is 0 Å². The van der Waals surface area contributed by atoms with Gasteiger partial charge in [-0.15, -0.1) is 0 Å². The number of hydrogen-bond donors (Lipinski definition) is 1. The molecule has 1 heterocycles. The number of aryl methyl sites for hydroxylation is 1. The van der Waals surface area contributed by atoms with Gasteiger partial charge in [0.05, 0.1) is 17.5 Å². The molecule has 1 aliphatic rings. The molecule has 22 heavy (non-hydrogen) atoms. The molecule has 1 atom stereocenters. The monoisotopic (exact) mass is 326 g/mol. The van der Waals surface area contributed by atoms with Crippen LogP contribution in [0.3, 0.4) is 0 Å². The summed E-state index contributed by atoms with van der Waals surface area (Å²) >= 11 is 0. The smallest absolute Gasteiger partial charge is 0.333 e. The van der Waals surface area contributed by atoms with Crippen LogP contribution in [0.4, 0.5) is 4.79 Å². The molecule has 0 aliphatic carbocycles. The first-order chi connectivity index (χ1) is 10.2. The van der Waals surface area contributed by atoms with Gasteiger partial charge in [0.1, 0.15) is 5.72 Å². The first kappa shape index (κ1) is 16.8. The second kappa shape index (κ2) is 5.89. The van der Waals surface area contributed by atoms with Crippen LogP contribution in [0.2, 0.25) is 0 Å². The Morgan fingerprint density at radius 1 is 1.36 bits per heavy atom. The number of sulfonamides is 1. The van der Waals surface area contributed by atoms with Gasteiger partial charge in [0, 0.05) is 0 Å². The Bertz CT molecular complexity index is 653. The van der Waals surface area contributed by atoms with E-state index in [0.29, 0.717) is 13.0 Å². The average molecular weight is 326 g/mol. The molecule has 1 aliphatic heterocycles. The third-order valence-corrected chi connectivity index (χ3v) is 5.15. The molecule has 1 N–H and O–H groups in total. The van der Waals surface area contributed by atoms with E-state index >= 15 is 0 Å². The summed E-state index contributed by atoms with van der Waals surface area (Å²) in [5, 5.41) is 0. The number of carbonyl (C=O) groups excluding carboxylic acids is 1. The SMILES string of the molecule is CCC1COC(C)(C)N1C(=O)NS(=O)(=O)c1ccc(C)cc1. The lowest BCUT2D eigenvalue weighted by Gasteiger charge is -2.33. The Kier molecular flexibility index (Phi) is 4.49. The van der Waals surface area contributed by atoms with Crippen LogP contribution in [0, 0.1) is 6.92 Å². The number of hydrogen-bond acceptors (Lipinski definition) is 4. The first-order valence-electron chi connectivity index (χ1n) is 7.24. The number of nitrogens with zero attached hydrogens (tertiary/aromatic N) is 1. The van der Waals surface area contributed by atoms with Gasteiger partial charge in [0.2, 0.25) is 0 Å². The van der Waals surface area contributed by atoms with Crippen LogP contribution in [0.25, 0.3) is 0 Å². The summed E-state index contributed by atoms with van der Waals surface area (Å²) in [6.07, 6.45) is 0.696. The fraction of sp³-hybridized carbons (Fsp3) is 0.533. The lowest BCUT2D eigenvalue weighted by molar-refractivity contribution is -0.0316. The number of nitrogens with one attached hydrogen (secondary N) is 1. The summed E-state index contributed by atoms with van der Waals surface area (Å²) < 4.78 is 32.4. The van der Waals surface area contributed by atoms with Crippen molar-refractivity contribution in [3.63, 3.8) is 0 Å². The van der Waals surface area contributed by atoms with Crippen molar-refractivity contribution in [1.29, 1.82) is 0 Å². The van der Waals surface area contributed by atoms with E-state index in [-0.39, 0.29) is 10.9 Å². The van der Waals surface area contributed by atoms with Gasteiger partial charge in [-0.25, -0.2) is 17.9 Å². The third-order valence-electron chi connectivity index (χ3n) is 3.82. The number of amides is 2. The van der Waals surface area contributed by atoms with Crippen molar-refractivity contribution in [1.82, 2.24) is 9.62 Å². The molecule has 1 aromatic carbocycles. The molecule has 1 saturated heterocycles. The predicted molar refractivity (Wildman–Crippen MR) is 82.8 cm³/mol. The van der Waals surface area contributed by atoms with Crippen LogP contribution < -0.4 is 4.72 Å². The summed E-state index contributed by atoms with van der Waals surface area (Å²) in [6, 6.07) is 5.55. The molecular formula is C15H22N2O4S. The summed E-state index contributed by atoms with van der Waals surface area (Å²) in [5.74, 6) is 0. The van der Waals surface area contributed by atoms with Gasteiger partial charge in [-0.05, 0) is 39.3 Å². The van der Waals surface area contributed by atoms with Crippen LogP contribution >= 0.6 is 0 Å². The van der Waals surface area contributed by atoms with Gasteiger partial charge in [0.15, 0.2) is 0 Å². The summed E-state index contributed by atoms with van der Waals surface area (Å²) in [7, 11) is -3.89. The second-order valence-electron chi connectivity index (χ2n) is 5.91. The standard InChI is InChI=1S/C15H22N2O4S/c1-5-12-10-21-15(3,4)17(12)14(18)16-22(19,20)13-8-6-11(2)7-9-13/h6-9,12H,5,10H2,1-4H3,(H,16,18). The molecule has 0 bridgehead atoms. The quantitative estimate of drug-likeness (QED) is 0.924. The lowest BCUT2D eigenvalue weighted by atomic mass is 10.2. The van der Waals surface area contributed by atoms with E-state index in [1.54, 1.807) is 26.0 Å². The minimum absolute atomic E-state index is 0.0671. The van der Waals surface area contributed by atoms with E-state index in [9.17, 15) is 13.2 Å².